The Labute approximate surface area is 137 Å². The van der Waals surface area contributed by atoms with Crippen LogP contribution in [0.2, 0.25) is 0 Å². The van der Waals surface area contributed by atoms with E-state index in [1.54, 1.807) is 12.1 Å². The molecule has 6 nitrogen and oxygen atoms in total. The fourth-order valence-corrected chi connectivity index (χ4v) is 3.13. The Morgan fingerprint density at radius 1 is 1.00 bits per heavy atom. The molecule has 1 heterocycles. The first-order chi connectivity index (χ1) is 10.9. The second-order valence-electron chi connectivity index (χ2n) is 5.61. The van der Waals surface area contributed by atoms with Gasteiger partial charge in [0.05, 0.1) is 5.75 Å². The van der Waals surface area contributed by atoms with Gasteiger partial charge in [0.25, 0.3) is 0 Å². The molecule has 23 heavy (non-hydrogen) atoms. The van der Waals surface area contributed by atoms with Gasteiger partial charge in [-0.15, -0.1) is 10.2 Å². The number of anilines is 2. The van der Waals surface area contributed by atoms with Crippen molar-refractivity contribution in [3.05, 3.63) is 48.0 Å². The summed E-state index contributed by atoms with van der Waals surface area (Å²) in [6.07, 6.45) is 1.28. The minimum atomic E-state index is -3.41. The summed E-state index contributed by atoms with van der Waals surface area (Å²) in [6, 6.07) is 13.4. The maximum atomic E-state index is 12.1. The molecule has 2 aromatic rings. The normalized spacial score (nSPS) is 11.4. The number of nitrogens with zero attached hydrogens (tertiary/aromatic N) is 2. The lowest BCUT2D eigenvalue weighted by atomic mass is 10.1. The van der Waals surface area contributed by atoms with E-state index in [9.17, 15) is 8.42 Å². The summed E-state index contributed by atoms with van der Waals surface area (Å²) in [5, 5.41) is 10.9. The number of hydrogen-bond acceptors (Lipinski definition) is 5. The van der Waals surface area contributed by atoms with E-state index in [0.29, 0.717) is 12.2 Å². The van der Waals surface area contributed by atoms with Gasteiger partial charge in [-0.05, 0) is 44.4 Å². The molecule has 1 aromatic carbocycles. The number of rotatable bonds is 8. The van der Waals surface area contributed by atoms with Crippen molar-refractivity contribution >= 4 is 21.7 Å². The molecule has 0 bridgehead atoms. The van der Waals surface area contributed by atoms with Crippen LogP contribution in [0, 0.1) is 0 Å². The zero-order valence-corrected chi connectivity index (χ0v) is 14.2. The van der Waals surface area contributed by atoms with Crippen molar-refractivity contribution < 1.29 is 8.42 Å². The van der Waals surface area contributed by atoms with Gasteiger partial charge >= 0.3 is 0 Å². The number of sulfonamides is 1. The zero-order valence-electron chi connectivity index (χ0n) is 13.4. The molecule has 1 aromatic heterocycles. The molecular formula is C16H22N4O2S. The maximum absolute atomic E-state index is 12.1. The highest BCUT2D eigenvalue weighted by Crippen LogP contribution is 2.10. The molecule has 0 saturated carbocycles. The minimum Gasteiger partial charge on any atom is -0.366 e. The van der Waals surface area contributed by atoms with Gasteiger partial charge in [0.2, 0.25) is 10.0 Å². The maximum Gasteiger partial charge on any atom is 0.233 e. The predicted octanol–water partition coefficient (Wildman–Crippen LogP) is 2.67. The van der Waals surface area contributed by atoms with E-state index in [2.05, 4.69) is 20.2 Å². The summed E-state index contributed by atoms with van der Waals surface area (Å²) in [6.45, 7) is 3.98. The van der Waals surface area contributed by atoms with Crippen molar-refractivity contribution in [2.45, 2.75) is 32.7 Å². The fourth-order valence-electron chi connectivity index (χ4n) is 2.08. The van der Waals surface area contributed by atoms with Crippen LogP contribution in [0.1, 0.15) is 25.8 Å². The highest BCUT2D eigenvalue weighted by Gasteiger charge is 2.11. The van der Waals surface area contributed by atoms with E-state index in [0.717, 1.165) is 12.0 Å². The lowest BCUT2D eigenvalue weighted by Gasteiger charge is -2.10. The summed E-state index contributed by atoms with van der Waals surface area (Å²) >= 11 is 0. The standard InChI is InChI=1S/C16H22N4O2S/c1-13(2)17-15-10-11-16(19-18-15)20-23(21,22)12-6-9-14-7-4-3-5-8-14/h3-5,7-8,10-11,13H,6,9,12H2,1-2H3,(H,17,18)(H,19,20). The van der Waals surface area contributed by atoms with Gasteiger partial charge in [0.15, 0.2) is 5.82 Å². The average molecular weight is 334 g/mol. The molecule has 0 saturated heterocycles. The number of nitrogens with one attached hydrogen (secondary N) is 2. The van der Waals surface area contributed by atoms with E-state index >= 15 is 0 Å². The molecule has 0 aliphatic carbocycles. The molecule has 0 atom stereocenters. The first kappa shape index (κ1) is 17.2. The van der Waals surface area contributed by atoms with Crippen molar-refractivity contribution in [2.24, 2.45) is 0 Å². The van der Waals surface area contributed by atoms with E-state index < -0.39 is 10.0 Å². The second kappa shape index (κ2) is 7.92. The van der Waals surface area contributed by atoms with Gasteiger partial charge in [0, 0.05) is 6.04 Å². The third-order valence-corrected chi connectivity index (χ3v) is 4.43. The average Bonchev–Trinajstić information content (AvgIpc) is 2.49. The van der Waals surface area contributed by atoms with E-state index in [4.69, 9.17) is 0 Å². The summed E-state index contributed by atoms with van der Waals surface area (Å²) in [5.41, 5.74) is 1.13. The molecule has 7 heteroatoms. The largest absolute Gasteiger partial charge is 0.366 e. The molecule has 0 radical (unpaired) electrons. The molecule has 0 aliphatic heterocycles. The van der Waals surface area contributed by atoms with Crippen LogP contribution in [0.15, 0.2) is 42.5 Å². The molecule has 2 rings (SSSR count). The van der Waals surface area contributed by atoms with Crippen LogP contribution >= 0.6 is 0 Å². The monoisotopic (exact) mass is 334 g/mol. The Kier molecular flexibility index (Phi) is 5.92. The third kappa shape index (κ3) is 6.23. The van der Waals surface area contributed by atoms with Gasteiger partial charge in [0.1, 0.15) is 5.82 Å². The smallest absolute Gasteiger partial charge is 0.233 e. The van der Waals surface area contributed by atoms with Gasteiger partial charge in [-0.25, -0.2) is 8.42 Å². The Morgan fingerprint density at radius 2 is 1.65 bits per heavy atom. The van der Waals surface area contributed by atoms with Gasteiger partial charge < -0.3 is 5.32 Å². The first-order valence-electron chi connectivity index (χ1n) is 7.59. The Morgan fingerprint density at radius 3 is 2.26 bits per heavy atom. The quantitative estimate of drug-likeness (QED) is 0.775. The van der Waals surface area contributed by atoms with E-state index in [1.165, 1.54) is 0 Å². The van der Waals surface area contributed by atoms with Crippen LogP contribution in [-0.4, -0.2) is 30.4 Å². The van der Waals surface area contributed by atoms with Gasteiger partial charge in [-0.3, -0.25) is 4.72 Å². The number of aryl methyl sites for hydroxylation is 1. The Hall–Kier alpha value is -2.15. The Balaban J connectivity index is 1.85. The van der Waals surface area contributed by atoms with Crippen LogP contribution in [0.5, 0.6) is 0 Å². The van der Waals surface area contributed by atoms with Gasteiger partial charge in [-0.2, -0.15) is 0 Å². The minimum absolute atomic E-state index is 0.0512. The van der Waals surface area contributed by atoms with Crippen molar-refractivity contribution in [1.82, 2.24) is 10.2 Å². The molecule has 0 aliphatic rings. The van der Waals surface area contributed by atoms with Crippen molar-refractivity contribution in [3.8, 4) is 0 Å². The lowest BCUT2D eigenvalue weighted by molar-refractivity contribution is 0.598. The summed E-state index contributed by atoms with van der Waals surface area (Å²) in [7, 11) is -3.41. The highest BCUT2D eigenvalue weighted by atomic mass is 32.2. The van der Waals surface area contributed by atoms with Crippen LogP contribution < -0.4 is 10.0 Å². The summed E-state index contributed by atoms with van der Waals surface area (Å²) in [5.74, 6) is 0.904. The Bertz CT molecular complexity index is 701. The van der Waals surface area contributed by atoms with Crippen LogP contribution in [0.4, 0.5) is 11.6 Å². The van der Waals surface area contributed by atoms with Gasteiger partial charge in [-0.1, -0.05) is 30.3 Å². The van der Waals surface area contributed by atoms with E-state index in [1.807, 2.05) is 44.2 Å². The molecule has 0 unspecified atom stereocenters. The summed E-state index contributed by atoms with van der Waals surface area (Å²) in [4.78, 5) is 0. The number of hydrogen-bond donors (Lipinski definition) is 2. The lowest BCUT2D eigenvalue weighted by Crippen LogP contribution is -2.18. The van der Waals surface area contributed by atoms with Crippen molar-refractivity contribution in [3.63, 3.8) is 0 Å². The molecule has 0 amide bonds. The fraction of sp³-hybridized carbons (Fsp3) is 0.375. The van der Waals surface area contributed by atoms with Crippen LogP contribution in [-0.2, 0) is 16.4 Å². The van der Waals surface area contributed by atoms with E-state index in [-0.39, 0.29) is 17.6 Å². The molecule has 2 N–H and O–H groups in total. The predicted molar refractivity (Wildman–Crippen MR) is 93.0 cm³/mol. The highest BCUT2D eigenvalue weighted by molar-refractivity contribution is 7.92. The molecule has 0 spiro atoms. The zero-order chi connectivity index (χ0) is 16.7. The first-order valence-corrected chi connectivity index (χ1v) is 9.24. The van der Waals surface area contributed by atoms with Crippen molar-refractivity contribution in [2.75, 3.05) is 15.8 Å². The third-order valence-electron chi connectivity index (χ3n) is 3.08. The van der Waals surface area contributed by atoms with Crippen molar-refractivity contribution in [1.29, 1.82) is 0 Å². The second-order valence-corrected chi connectivity index (χ2v) is 7.45. The SMILES string of the molecule is CC(C)Nc1ccc(NS(=O)(=O)CCCc2ccccc2)nn1. The summed E-state index contributed by atoms with van der Waals surface area (Å²) < 4.78 is 26.6. The van der Waals surface area contributed by atoms with Crippen LogP contribution in [0.3, 0.4) is 0 Å². The molecular weight excluding hydrogens is 312 g/mol. The number of benzene rings is 1. The number of aromatic nitrogens is 2. The van der Waals surface area contributed by atoms with Crippen LogP contribution in [0.25, 0.3) is 0 Å². The topological polar surface area (TPSA) is 84.0 Å². The molecule has 0 fully saturated rings. The molecule has 124 valence electrons.